The molecular weight excluding hydrogens is 362 g/mol. The molecule has 2 aromatic carbocycles. The summed E-state index contributed by atoms with van der Waals surface area (Å²) in [5.74, 6) is 0.970. The Morgan fingerprint density at radius 2 is 1.96 bits per heavy atom. The van der Waals surface area contributed by atoms with Crippen molar-refractivity contribution in [1.29, 1.82) is 0 Å². The highest BCUT2D eigenvalue weighted by Gasteiger charge is 2.24. The summed E-state index contributed by atoms with van der Waals surface area (Å²) in [6.07, 6.45) is 0. The van der Waals surface area contributed by atoms with E-state index in [4.69, 9.17) is 16.3 Å². The van der Waals surface area contributed by atoms with Crippen LogP contribution in [-0.4, -0.2) is 45.7 Å². The fraction of sp³-hybridized carbons (Fsp3) is 0.381. The number of halogens is 1. The number of piperazine rings is 1. The van der Waals surface area contributed by atoms with Crippen molar-refractivity contribution < 1.29 is 14.4 Å². The lowest BCUT2D eigenvalue weighted by Gasteiger charge is -2.34. The molecule has 6 heteroatoms. The number of hydrogen-bond donors (Lipinski definition) is 2. The third-order valence-electron chi connectivity index (χ3n) is 5.03. The lowest BCUT2D eigenvalue weighted by Crippen LogP contribution is -3.15. The number of benzene rings is 2. The number of carbonyl (C=O) groups is 1. The zero-order valence-electron chi connectivity index (χ0n) is 15.9. The first kappa shape index (κ1) is 19.5. The molecule has 1 aliphatic rings. The Bertz CT molecular complexity index is 776. The number of amides is 1. The molecule has 0 spiro atoms. The van der Waals surface area contributed by atoms with Crippen LogP contribution in [0.25, 0.3) is 0 Å². The zero-order chi connectivity index (χ0) is 19.2. The van der Waals surface area contributed by atoms with Crippen LogP contribution in [0.15, 0.2) is 48.5 Å². The molecule has 27 heavy (non-hydrogen) atoms. The van der Waals surface area contributed by atoms with Crippen molar-refractivity contribution >= 4 is 23.2 Å². The molecule has 0 aromatic heterocycles. The first-order chi connectivity index (χ1) is 13.1. The van der Waals surface area contributed by atoms with Crippen LogP contribution in [0.3, 0.4) is 0 Å². The van der Waals surface area contributed by atoms with Gasteiger partial charge >= 0.3 is 0 Å². The third kappa shape index (κ3) is 5.15. The quantitative estimate of drug-likeness (QED) is 0.795. The summed E-state index contributed by atoms with van der Waals surface area (Å²) in [5, 5.41) is 3.77. The van der Waals surface area contributed by atoms with E-state index in [0.717, 1.165) is 43.2 Å². The number of quaternary nitrogens is 1. The van der Waals surface area contributed by atoms with E-state index in [1.165, 1.54) is 4.90 Å². The Labute approximate surface area is 165 Å². The molecular formula is C21H27ClN3O2+. The number of rotatable bonds is 6. The monoisotopic (exact) mass is 388 g/mol. The van der Waals surface area contributed by atoms with Crippen molar-refractivity contribution in [3.8, 4) is 5.75 Å². The highest BCUT2D eigenvalue weighted by Crippen LogP contribution is 2.27. The molecule has 2 aromatic rings. The second-order valence-corrected chi connectivity index (χ2v) is 7.37. The molecule has 1 amide bonds. The van der Waals surface area contributed by atoms with E-state index in [1.807, 2.05) is 49.4 Å². The van der Waals surface area contributed by atoms with Crippen LogP contribution in [0.5, 0.6) is 5.75 Å². The van der Waals surface area contributed by atoms with Gasteiger partial charge in [-0.3, -0.25) is 4.79 Å². The zero-order valence-corrected chi connectivity index (χ0v) is 16.6. The first-order valence-corrected chi connectivity index (χ1v) is 9.71. The summed E-state index contributed by atoms with van der Waals surface area (Å²) >= 11 is 6.04. The van der Waals surface area contributed by atoms with Crippen LogP contribution in [0.4, 0.5) is 5.69 Å². The van der Waals surface area contributed by atoms with Gasteiger partial charge in [0.25, 0.3) is 5.91 Å². The summed E-state index contributed by atoms with van der Waals surface area (Å²) < 4.78 is 5.46. The van der Waals surface area contributed by atoms with Crippen molar-refractivity contribution in [1.82, 2.24) is 5.32 Å². The number of methoxy groups -OCH3 is 1. The lowest BCUT2D eigenvalue weighted by molar-refractivity contribution is -0.892. The molecule has 1 fully saturated rings. The van der Waals surface area contributed by atoms with Crippen LogP contribution < -0.4 is 19.9 Å². The number of carbonyl (C=O) groups excluding carboxylic acids is 1. The summed E-state index contributed by atoms with van der Waals surface area (Å²) in [5.41, 5.74) is 2.14. The molecule has 1 saturated heterocycles. The van der Waals surface area contributed by atoms with E-state index >= 15 is 0 Å². The van der Waals surface area contributed by atoms with Crippen LogP contribution in [0.2, 0.25) is 5.02 Å². The van der Waals surface area contributed by atoms with Gasteiger partial charge in [0.1, 0.15) is 5.75 Å². The van der Waals surface area contributed by atoms with E-state index in [-0.39, 0.29) is 11.9 Å². The van der Waals surface area contributed by atoms with E-state index in [9.17, 15) is 4.79 Å². The maximum Gasteiger partial charge on any atom is 0.275 e. The van der Waals surface area contributed by atoms with Crippen molar-refractivity contribution in [3.05, 3.63) is 59.1 Å². The van der Waals surface area contributed by atoms with Gasteiger partial charge in [-0.25, -0.2) is 0 Å². The van der Waals surface area contributed by atoms with Crippen molar-refractivity contribution in [2.24, 2.45) is 0 Å². The standard InChI is InChI=1S/C21H26ClN3O2/c1-16(17-6-5-7-18(22)14-17)23-21(26)15-24-10-12-25(13-11-24)19-8-3-4-9-20(19)27-2/h3-9,14,16H,10-13,15H2,1-2H3,(H,23,26)/p+1/t16-/m0/s1. The Balaban J connectivity index is 1.49. The van der Waals surface area contributed by atoms with Gasteiger partial charge in [-0.2, -0.15) is 0 Å². The molecule has 144 valence electrons. The van der Waals surface area contributed by atoms with Gasteiger partial charge < -0.3 is 19.9 Å². The lowest BCUT2D eigenvalue weighted by atomic mass is 10.1. The van der Waals surface area contributed by atoms with Gasteiger partial charge in [0.15, 0.2) is 6.54 Å². The molecule has 0 radical (unpaired) electrons. The Hall–Kier alpha value is -2.24. The van der Waals surface area contributed by atoms with Crippen molar-refractivity contribution in [2.75, 3.05) is 44.7 Å². The number of hydrogen-bond acceptors (Lipinski definition) is 3. The molecule has 0 saturated carbocycles. The topological polar surface area (TPSA) is 46.0 Å². The maximum absolute atomic E-state index is 12.4. The second kappa shape index (κ2) is 9.11. The van der Waals surface area contributed by atoms with E-state index in [1.54, 1.807) is 7.11 Å². The molecule has 0 aliphatic carbocycles. The number of ether oxygens (including phenoxy) is 1. The molecule has 3 rings (SSSR count). The molecule has 1 aliphatic heterocycles. The SMILES string of the molecule is COc1ccccc1N1CC[NH+](CC(=O)N[C@@H](C)c2cccc(Cl)c2)CC1. The summed E-state index contributed by atoms with van der Waals surface area (Å²) in [6.45, 7) is 6.15. The van der Waals surface area contributed by atoms with Crippen LogP contribution in [-0.2, 0) is 4.79 Å². The highest BCUT2D eigenvalue weighted by molar-refractivity contribution is 6.30. The minimum atomic E-state index is -0.0505. The average molecular weight is 389 g/mol. The smallest absolute Gasteiger partial charge is 0.275 e. The largest absolute Gasteiger partial charge is 0.495 e. The normalized spacial score (nSPS) is 16.0. The third-order valence-corrected chi connectivity index (χ3v) is 5.27. The Kier molecular flexibility index (Phi) is 6.58. The number of para-hydroxylation sites is 2. The van der Waals surface area contributed by atoms with Gasteiger partial charge in [-0.15, -0.1) is 0 Å². The van der Waals surface area contributed by atoms with E-state index in [0.29, 0.717) is 11.6 Å². The van der Waals surface area contributed by atoms with Gasteiger partial charge in [-0.1, -0.05) is 35.9 Å². The van der Waals surface area contributed by atoms with E-state index < -0.39 is 0 Å². The van der Waals surface area contributed by atoms with Gasteiger partial charge in [-0.05, 0) is 36.8 Å². The minimum Gasteiger partial charge on any atom is -0.495 e. The summed E-state index contributed by atoms with van der Waals surface area (Å²) in [4.78, 5) is 16.1. The number of anilines is 1. The highest BCUT2D eigenvalue weighted by atomic mass is 35.5. The van der Waals surface area contributed by atoms with Gasteiger partial charge in [0.05, 0.1) is 45.0 Å². The Morgan fingerprint density at radius 3 is 2.67 bits per heavy atom. The van der Waals surface area contributed by atoms with Crippen molar-refractivity contribution in [3.63, 3.8) is 0 Å². The van der Waals surface area contributed by atoms with Crippen molar-refractivity contribution in [2.45, 2.75) is 13.0 Å². The predicted molar refractivity (Wildman–Crippen MR) is 109 cm³/mol. The fourth-order valence-corrected chi connectivity index (χ4v) is 3.71. The molecule has 1 atom stereocenters. The number of nitrogens with one attached hydrogen (secondary N) is 2. The Morgan fingerprint density at radius 1 is 1.22 bits per heavy atom. The average Bonchev–Trinajstić information content (AvgIpc) is 2.68. The summed E-state index contributed by atoms with van der Waals surface area (Å²) in [6, 6.07) is 15.7. The van der Waals surface area contributed by atoms with E-state index in [2.05, 4.69) is 16.3 Å². The molecule has 0 unspecified atom stereocenters. The second-order valence-electron chi connectivity index (χ2n) is 6.93. The predicted octanol–water partition coefficient (Wildman–Crippen LogP) is 1.93. The first-order valence-electron chi connectivity index (χ1n) is 9.33. The van der Waals surface area contributed by atoms with Crippen LogP contribution in [0.1, 0.15) is 18.5 Å². The molecule has 5 nitrogen and oxygen atoms in total. The van der Waals surface area contributed by atoms with Gasteiger partial charge in [0, 0.05) is 5.02 Å². The number of nitrogens with zero attached hydrogens (tertiary/aromatic N) is 1. The maximum atomic E-state index is 12.4. The molecule has 2 N–H and O–H groups in total. The van der Waals surface area contributed by atoms with Crippen LogP contribution >= 0.6 is 11.6 Å². The molecule has 0 bridgehead atoms. The van der Waals surface area contributed by atoms with Crippen LogP contribution in [0, 0.1) is 0 Å². The summed E-state index contributed by atoms with van der Waals surface area (Å²) in [7, 11) is 1.70. The fourth-order valence-electron chi connectivity index (χ4n) is 3.51. The minimum absolute atomic E-state index is 0.0505. The van der Waals surface area contributed by atoms with Gasteiger partial charge in [0.2, 0.25) is 0 Å². The molecule has 1 heterocycles.